The Bertz CT molecular complexity index is 395. The summed E-state index contributed by atoms with van der Waals surface area (Å²) < 4.78 is 5.79. The maximum Gasteiger partial charge on any atom is 0.121 e. The van der Waals surface area contributed by atoms with Crippen molar-refractivity contribution in [2.75, 3.05) is 6.61 Å². The van der Waals surface area contributed by atoms with Crippen molar-refractivity contribution in [1.82, 2.24) is 5.32 Å². The summed E-state index contributed by atoms with van der Waals surface area (Å²) in [7, 11) is 0. The van der Waals surface area contributed by atoms with Gasteiger partial charge in [-0.05, 0) is 32.4 Å². The summed E-state index contributed by atoms with van der Waals surface area (Å²) in [6, 6.07) is 7.39. The Morgan fingerprint density at radius 2 is 1.94 bits per heavy atom. The molecule has 2 rings (SSSR count). The molecule has 17 heavy (non-hydrogen) atoms. The van der Waals surface area contributed by atoms with Crippen molar-refractivity contribution in [3.05, 3.63) is 29.8 Å². The number of rotatable bonds is 2. The van der Waals surface area contributed by atoms with Crippen LogP contribution >= 0.6 is 12.4 Å². The van der Waals surface area contributed by atoms with Crippen LogP contribution in [0.25, 0.3) is 0 Å². The number of benzene rings is 1. The van der Waals surface area contributed by atoms with Gasteiger partial charge in [0.2, 0.25) is 0 Å². The Balaban J connectivity index is 0.00000144. The maximum absolute atomic E-state index is 9.73. The highest BCUT2D eigenvalue weighted by molar-refractivity contribution is 5.85. The zero-order chi connectivity index (χ0) is 11.8. The molecule has 0 spiro atoms. The second-order valence-corrected chi connectivity index (χ2v) is 5.33. The number of phenolic OH excluding ortho intramolecular Hbond substituents is 1. The number of phenols is 1. The summed E-state index contributed by atoms with van der Waals surface area (Å²) >= 11 is 0. The highest BCUT2D eigenvalue weighted by atomic mass is 35.5. The summed E-state index contributed by atoms with van der Waals surface area (Å²) in [5, 5.41) is 13.2. The van der Waals surface area contributed by atoms with E-state index in [0.29, 0.717) is 18.8 Å². The Morgan fingerprint density at radius 1 is 1.29 bits per heavy atom. The first-order chi connectivity index (χ1) is 7.40. The van der Waals surface area contributed by atoms with Gasteiger partial charge in [-0.3, -0.25) is 5.32 Å². The molecule has 1 saturated heterocycles. The minimum absolute atomic E-state index is 0. The summed E-state index contributed by atoms with van der Waals surface area (Å²) in [4.78, 5) is 0. The van der Waals surface area contributed by atoms with Crippen molar-refractivity contribution >= 4 is 12.4 Å². The lowest BCUT2D eigenvalue weighted by molar-refractivity contribution is 0.00629. The van der Waals surface area contributed by atoms with E-state index in [1.807, 2.05) is 25.1 Å². The average molecular weight is 258 g/mol. The van der Waals surface area contributed by atoms with Crippen LogP contribution in [-0.2, 0) is 11.2 Å². The molecule has 1 aliphatic heterocycles. The fourth-order valence-electron chi connectivity index (χ4n) is 2.25. The number of ether oxygens (including phenoxy) is 1. The van der Waals surface area contributed by atoms with Crippen LogP contribution in [-0.4, -0.2) is 23.0 Å². The molecular formula is C13H20ClNO2. The molecule has 0 radical (unpaired) electrons. The Hall–Kier alpha value is -0.770. The van der Waals surface area contributed by atoms with Crippen LogP contribution < -0.4 is 5.32 Å². The van der Waals surface area contributed by atoms with Crippen LogP contribution in [0.3, 0.4) is 0 Å². The predicted molar refractivity (Wildman–Crippen MR) is 70.6 cm³/mol. The smallest absolute Gasteiger partial charge is 0.121 e. The van der Waals surface area contributed by atoms with Crippen LogP contribution in [0.5, 0.6) is 5.75 Å². The van der Waals surface area contributed by atoms with E-state index < -0.39 is 0 Å². The van der Waals surface area contributed by atoms with Crippen molar-refractivity contribution in [2.45, 2.75) is 38.5 Å². The molecular weight excluding hydrogens is 238 g/mol. The molecule has 1 aliphatic rings. The van der Waals surface area contributed by atoms with Crippen LogP contribution in [0.15, 0.2) is 24.3 Å². The first kappa shape index (κ1) is 14.3. The molecule has 1 aromatic rings. The molecule has 4 heteroatoms. The predicted octanol–water partition coefficient (Wildman–Crippen LogP) is 2.47. The second kappa shape index (κ2) is 4.84. The SMILES string of the molecule is CC1(C)COC(C)(Cc2ccccc2O)N1.Cl. The van der Waals surface area contributed by atoms with Crippen molar-refractivity contribution in [3.63, 3.8) is 0 Å². The van der Waals surface area contributed by atoms with Crippen LogP contribution in [0.1, 0.15) is 26.3 Å². The van der Waals surface area contributed by atoms with Crippen LogP contribution in [0.4, 0.5) is 0 Å². The van der Waals surface area contributed by atoms with E-state index in [0.717, 1.165) is 5.56 Å². The monoisotopic (exact) mass is 257 g/mol. The normalized spacial score (nSPS) is 26.5. The van der Waals surface area contributed by atoms with Gasteiger partial charge in [-0.25, -0.2) is 0 Å². The van der Waals surface area contributed by atoms with Crippen molar-refractivity contribution in [2.24, 2.45) is 0 Å². The number of hydrogen-bond acceptors (Lipinski definition) is 3. The molecule has 1 heterocycles. The molecule has 96 valence electrons. The third-order valence-corrected chi connectivity index (χ3v) is 2.87. The van der Waals surface area contributed by atoms with E-state index >= 15 is 0 Å². The molecule has 0 aromatic heterocycles. The summed E-state index contributed by atoms with van der Waals surface area (Å²) in [6.07, 6.45) is 0.670. The summed E-state index contributed by atoms with van der Waals surface area (Å²) in [5.74, 6) is 0.332. The van der Waals surface area contributed by atoms with Gasteiger partial charge in [-0.1, -0.05) is 18.2 Å². The second-order valence-electron chi connectivity index (χ2n) is 5.33. The molecule has 1 aromatic carbocycles. The number of aromatic hydroxyl groups is 1. The third kappa shape index (κ3) is 3.35. The standard InChI is InChI=1S/C13H19NO2.ClH/c1-12(2)9-16-13(3,14-12)8-10-6-4-5-7-11(10)15;/h4-7,14-15H,8-9H2,1-3H3;1H. The van der Waals surface area contributed by atoms with E-state index in [-0.39, 0.29) is 23.7 Å². The largest absolute Gasteiger partial charge is 0.508 e. The minimum Gasteiger partial charge on any atom is -0.508 e. The first-order valence-corrected chi connectivity index (χ1v) is 5.60. The van der Waals surface area contributed by atoms with Gasteiger partial charge < -0.3 is 9.84 Å². The molecule has 1 fully saturated rings. The van der Waals surface area contributed by atoms with Gasteiger partial charge in [0.05, 0.1) is 6.61 Å². The van der Waals surface area contributed by atoms with Gasteiger partial charge in [0.15, 0.2) is 0 Å². The van der Waals surface area contributed by atoms with E-state index in [1.165, 1.54) is 0 Å². The molecule has 0 aliphatic carbocycles. The topological polar surface area (TPSA) is 41.5 Å². The van der Waals surface area contributed by atoms with Crippen LogP contribution in [0.2, 0.25) is 0 Å². The summed E-state index contributed by atoms with van der Waals surface area (Å²) in [5.41, 5.74) is 0.525. The van der Waals surface area contributed by atoms with E-state index in [9.17, 15) is 5.11 Å². The minimum atomic E-state index is -0.387. The first-order valence-electron chi connectivity index (χ1n) is 5.60. The van der Waals surface area contributed by atoms with Crippen molar-refractivity contribution < 1.29 is 9.84 Å². The molecule has 2 N–H and O–H groups in total. The number of para-hydroxylation sites is 1. The molecule has 0 amide bonds. The van der Waals surface area contributed by atoms with E-state index in [4.69, 9.17) is 4.74 Å². The van der Waals surface area contributed by atoms with Crippen LogP contribution in [0, 0.1) is 0 Å². The van der Waals surface area contributed by atoms with Gasteiger partial charge in [0, 0.05) is 12.0 Å². The lowest BCUT2D eigenvalue weighted by atomic mass is 10.0. The lowest BCUT2D eigenvalue weighted by Gasteiger charge is -2.27. The Morgan fingerprint density at radius 3 is 2.47 bits per heavy atom. The quantitative estimate of drug-likeness (QED) is 0.855. The Kier molecular flexibility index (Phi) is 4.07. The molecule has 1 unspecified atom stereocenters. The van der Waals surface area contributed by atoms with Gasteiger partial charge in [0.1, 0.15) is 11.5 Å². The third-order valence-electron chi connectivity index (χ3n) is 2.87. The molecule has 0 saturated carbocycles. The molecule has 1 atom stereocenters. The Labute approximate surface area is 109 Å². The van der Waals surface area contributed by atoms with Gasteiger partial charge in [-0.2, -0.15) is 0 Å². The van der Waals surface area contributed by atoms with Crippen molar-refractivity contribution in [1.29, 1.82) is 0 Å². The number of nitrogens with one attached hydrogen (secondary N) is 1. The van der Waals surface area contributed by atoms with Crippen molar-refractivity contribution in [3.8, 4) is 5.75 Å². The fraction of sp³-hybridized carbons (Fsp3) is 0.538. The van der Waals surface area contributed by atoms with E-state index in [1.54, 1.807) is 6.07 Å². The molecule has 3 nitrogen and oxygen atoms in total. The highest BCUT2D eigenvalue weighted by Crippen LogP contribution is 2.29. The van der Waals surface area contributed by atoms with Gasteiger partial charge in [0.25, 0.3) is 0 Å². The average Bonchev–Trinajstić information content (AvgIpc) is 2.45. The highest BCUT2D eigenvalue weighted by Gasteiger charge is 2.40. The van der Waals surface area contributed by atoms with Gasteiger partial charge >= 0.3 is 0 Å². The lowest BCUT2D eigenvalue weighted by Crippen LogP contribution is -2.47. The van der Waals surface area contributed by atoms with E-state index in [2.05, 4.69) is 19.2 Å². The summed E-state index contributed by atoms with van der Waals surface area (Å²) in [6.45, 7) is 6.94. The molecule has 0 bridgehead atoms. The number of halogens is 1. The zero-order valence-electron chi connectivity index (χ0n) is 10.5. The maximum atomic E-state index is 9.73. The zero-order valence-corrected chi connectivity index (χ0v) is 11.3. The number of hydrogen-bond donors (Lipinski definition) is 2. The fourth-order valence-corrected chi connectivity index (χ4v) is 2.25. The van der Waals surface area contributed by atoms with Gasteiger partial charge in [-0.15, -0.1) is 12.4 Å².